The molecule has 0 aliphatic rings. The molecule has 0 aliphatic heterocycles. The fraction of sp³-hybridized carbons (Fsp3) is 0.200. The Kier molecular flexibility index (Phi) is 4.08. The van der Waals surface area contributed by atoms with Gasteiger partial charge in [0.1, 0.15) is 5.01 Å². The van der Waals surface area contributed by atoms with Crippen LogP contribution in [-0.4, -0.2) is 10.2 Å². The molecule has 0 unspecified atom stereocenters. The van der Waals surface area contributed by atoms with E-state index in [2.05, 4.69) is 10.2 Å². The van der Waals surface area contributed by atoms with Gasteiger partial charge in [0.15, 0.2) is 4.34 Å². The lowest BCUT2D eigenvalue weighted by molar-refractivity contribution is 0.983. The largest absolute Gasteiger partial charge is 0.174 e. The van der Waals surface area contributed by atoms with E-state index in [0.717, 1.165) is 20.7 Å². The molecule has 0 bridgehead atoms. The highest BCUT2D eigenvalue weighted by Crippen LogP contribution is 2.29. The summed E-state index contributed by atoms with van der Waals surface area (Å²) in [6.07, 6.45) is 0. The molecule has 0 radical (unpaired) electrons. The second-order valence-electron chi connectivity index (χ2n) is 3.11. The van der Waals surface area contributed by atoms with Gasteiger partial charge >= 0.3 is 0 Å². The maximum atomic E-state index is 6.07. The minimum Gasteiger partial charge on any atom is -0.143 e. The van der Waals surface area contributed by atoms with Crippen LogP contribution in [0.2, 0.25) is 10.0 Å². The Labute approximate surface area is 112 Å². The number of aryl methyl sites for hydroxylation is 1. The fourth-order valence-corrected chi connectivity index (χ4v) is 3.49. The zero-order valence-corrected chi connectivity index (χ0v) is 11.6. The molecule has 0 spiro atoms. The summed E-state index contributed by atoms with van der Waals surface area (Å²) < 4.78 is 0.962. The minimum absolute atomic E-state index is 0.658. The van der Waals surface area contributed by atoms with Crippen LogP contribution in [0.15, 0.2) is 22.5 Å². The van der Waals surface area contributed by atoms with Crippen LogP contribution in [0.1, 0.15) is 10.6 Å². The summed E-state index contributed by atoms with van der Waals surface area (Å²) in [5, 5.41) is 10.3. The molecular formula is C10H8Cl2N2S2. The molecule has 2 nitrogen and oxygen atoms in total. The lowest BCUT2D eigenvalue weighted by Gasteiger charge is -2.02. The summed E-state index contributed by atoms with van der Waals surface area (Å²) in [4.78, 5) is 0. The van der Waals surface area contributed by atoms with Gasteiger partial charge < -0.3 is 0 Å². The second kappa shape index (κ2) is 5.36. The lowest BCUT2D eigenvalue weighted by Crippen LogP contribution is -1.82. The van der Waals surface area contributed by atoms with Crippen molar-refractivity contribution in [3.8, 4) is 0 Å². The fourth-order valence-electron chi connectivity index (χ4n) is 1.11. The molecule has 2 aromatic rings. The molecule has 1 aromatic carbocycles. The van der Waals surface area contributed by atoms with E-state index in [-0.39, 0.29) is 0 Å². The Morgan fingerprint density at radius 1 is 1.31 bits per heavy atom. The van der Waals surface area contributed by atoms with Crippen molar-refractivity contribution in [2.45, 2.75) is 17.0 Å². The Balaban J connectivity index is 2.04. The quantitative estimate of drug-likeness (QED) is 0.782. The number of hydrogen-bond acceptors (Lipinski definition) is 4. The first-order valence-corrected chi connectivity index (χ1v) is 7.08. The van der Waals surface area contributed by atoms with Crippen LogP contribution < -0.4 is 0 Å². The van der Waals surface area contributed by atoms with Crippen LogP contribution in [0.3, 0.4) is 0 Å². The summed E-state index contributed by atoms with van der Waals surface area (Å²) in [5.41, 5.74) is 1.06. The normalized spacial score (nSPS) is 10.7. The first-order chi connectivity index (χ1) is 7.65. The van der Waals surface area contributed by atoms with Crippen LogP contribution in [0.4, 0.5) is 0 Å². The summed E-state index contributed by atoms with van der Waals surface area (Å²) >= 11 is 15.1. The summed E-state index contributed by atoms with van der Waals surface area (Å²) in [6.45, 7) is 1.94. The first-order valence-electron chi connectivity index (χ1n) is 4.52. The van der Waals surface area contributed by atoms with Gasteiger partial charge in [-0.15, -0.1) is 10.2 Å². The topological polar surface area (TPSA) is 25.8 Å². The molecule has 6 heteroatoms. The predicted octanol–water partition coefficient (Wildman–Crippen LogP) is 4.45. The van der Waals surface area contributed by atoms with E-state index in [1.807, 2.05) is 19.1 Å². The van der Waals surface area contributed by atoms with Crippen molar-refractivity contribution < 1.29 is 0 Å². The molecule has 1 heterocycles. The Hall–Kier alpha value is -0.290. The van der Waals surface area contributed by atoms with Crippen molar-refractivity contribution >= 4 is 46.3 Å². The standard InChI is InChI=1S/C10H8Cl2N2S2/c1-6-13-14-10(16-6)15-5-7-2-3-8(11)4-9(7)12/h2-4H,5H2,1H3. The number of halogens is 2. The molecule has 0 aliphatic carbocycles. The molecule has 0 N–H and O–H groups in total. The molecule has 84 valence electrons. The van der Waals surface area contributed by atoms with Crippen LogP contribution in [0.25, 0.3) is 0 Å². The molecule has 0 amide bonds. The number of aromatic nitrogens is 2. The number of benzene rings is 1. The zero-order chi connectivity index (χ0) is 11.5. The smallest absolute Gasteiger partial charge is 0.143 e. The van der Waals surface area contributed by atoms with Crippen molar-refractivity contribution in [1.82, 2.24) is 10.2 Å². The maximum Gasteiger partial charge on any atom is 0.174 e. The number of thioether (sulfide) groups is 1. The summed E-state index contributed by atoms with van der Waals surface area (Å²) in [7, 11) is 0. The van der Waals surface area contributed by atoms with Gasteiger partial charge in [0.2, 0.25) is 0 Å². The minimum atomic E-state index is 0.658. The number of hydrogen-bond donors (Lipinski definition) is 0. The van der Waals surface area contributed by atoms with E-state index in [1.54, 1.807) is 29.2 Å². The van der Waals surface area contributed by atoms with Gasteiger partial charge in [0.05, 0.1) is 0 Å². The van der Waals surface area contributed by atoms with Crippen molar-refractivity contribution in [3.05, 3.63) is 38.8 Å². The van der Waals surface area contributed by atoms with Gasteiger partial charge in [-0.1, -0.05) is 52.4 Å². The van der Waals surface area contributed by atoms with Gasteiger partial charge in [-0.25, -0.2) is 0 Å². The third-order valence-electron chi connectivity index (χ3n) is 1.87. The SMILES string of the molecule is Cc1nnc(SCc2ccc(Cl)cc2Cl)s1. The third kappa shape index (κ3) is 3.10. The van der Waals surface area contributed by atoms with Gasteiger partial charge in [-0.3, -0.25) is 0 Å². The molecule has 0 saturated heterocycles. The van der Waals surface area contributed by atoms with Gasteiger partial charge in [0.25, 0.3) is 0 Å². The molecule has 0 atom stereocenters. The molecule has 1 aromatic heterocycles. The highest BCUT2D eigenvalue weighted by atomic mass is 35.5. The first kappa shape index (κ1) is 12.2. The number of nitrogens with zero attached hydrogens (tertiary/aromatic N) is 2. The van der Waals surface area contributed by atoms with Gasteiger partial charge in [-0.05, 0) is 24.6 Å². The summed E-state index contributed by atoms with van der Waals surface area (Å²) in [6, 6.07) is 5.53. The molecule has 0 saturated carbocycles. The highest BCUT2D eigenvalue weighted by Gasteiger charge is 2.05. The monoisotopic (exact) mass is 290 g/mol. The van der Waals surface area contributed by atoms with Crippen LogP contribution in [0.5, 0.6) is 0 Å². The van der Waals surface area contributed by atoms with Crippen molar-refractivity contribution in [2.24, 2.45) is 0 Å². The summed E-state index contributed by atoms with van der Waals surface area (Å²) in [5.74, 6) is 0.782. The Morgan fingerprint density at radius 3 is 2.75 bits per heavy atom. The van der Waals surface area contributed by atoms with Crippen molar-refractivity contribution in [2.75, 3.05) is 0 Å². The van der Waals surface area contributed by atoms with E-state index in [9.17, 15) is 0 Å². The van der Waals surface area contributed by atoms with E-state index in [1.165, 1.54) is 0 Å². The van der Waals surface area contributed by atoms with Gasteiger partial charge in [-0.2, -0.15) is 0 Å². The Bertz CT molecular complexity index is 499. The van der Waals surface area contributed by atoms with Crippen LogP contribution >= 0.6 is 46.3 Å². The van der Waals surface area contributed by atoms with Crippen molar-refractivity contribution in [1.29, 1.82) is 0 Å². The van der Waals surface area contributed by atoms with E-state index < -0.39 is 0 Å². The van der Waals surface area contributed by atoms with E-state index >= 15 is 0 Å². The van der Waals surface area contributed by atoms with Crippen LogP contribution in [-0.2, 0) is 5.75 Å². The lowest BCUT2D eigenvalue weighted by atomic mass is 10.2. The van der Waals surface area contributed by atoms with Crippen molar-refractivity contribution in [3.63, 3.8) is 0 Å². The Morgan fingerprint density at radius 2 is 2.12 bits per heavy atom. The second-order valence-corrected chi connectivity index (χ2v) is 6.36. The molecule has 2 rings (SSSR count). The van der Waals surface area contributed by atoms with E-state index in [4.69, 9.17) is 23.2 Å². The van der Waals surface area contributed by atoms with Gasteiger partial charge in [0, 0.05) is 15.8 Å². The number of rotatable bonds is 3. The van der Waals surface area contributed by atoms with E-state index in [0.29, 0.717) is 10.0 Å². The predicted molar refractivity (Wildman–Crippen MR) is 70.7 cm³/mol. The third-order valence-corrected chi connectivity index (χ3v) is 4.48. The molecule has 0 fully saturated rings. The molecular weight excluding hydrogens is 283 g/mol. The molecule has 16 heavy (non-hydrogen) atoms. The average Bonchev–Trinajstić information content (AvgIpc) is 2.63. The highest BCUT2D eigenvalue weighted by molar-refractivity contribution is 8.00. The maximum absolute atomic E-state index is 6.07. The zero-order valence-electron chi connectivity index (χ0n) is 8.41. The average molecular weight is 291 g/mol. The van der Waals surface area contributed by atoms with Crippen LogP contribution in [0, 0.1) is 6.92 Å².